The molecule has 1 aliphatic rings. The van der Waals surface area contributed by atoms with Crippen molar-refractivity contribution in [2.75, 3.05) is 0 Å². The van der Waals surface area contributed by atoms with Gasteiger partial charge in [-0.05, 0) is 38.0 Å². The molecule has 0 fully saturated rings. The molecule has 0 bridgehead atoms. The molecule has 0 saturated heterocycles. The number of nitrogens with one attached hydrogen (secondary N) is 2. The molecule has 6 heteroatoms. The number of benzene rings is 1. The highest BCUT2D eigenvalue weighted by molar-refractivity contribution is 5.74. The van der Waals surface area contributed by atoms with E-state index in [9.17, 15) is 4.79 Å². The lowest BCUT2D eigenvalue weighted by Crippen LogP contribution is -2.40. The van der Waals surface area contributed by atoms with Crippen molar-refractivity contribution < 1.29 is 4.79 Å². The van der Waals surface area contributed by atoms with Crippen LogP contribution in [0.3, 0.4) is 0 Å². The molecule has 6 nitrogen and oxygen atoms in total. The van der Waals surface area contributed by atoms with Crippen LogP contribution in [0.15, 0.2) is 66.9 Å². The summed E-state index contributed by atoms with van der Waals surface area (Å²) in [5.74, 6) is 1.04. The van der Waals surface area contributed by atoms with Gasteiger partial charge >= 0.3 is 6.03 Å². The Morgan fingerprint density at radius 1 is 1.10 bits per heavy atom. The third-order valence-electron chi connectivity index (χ3n) is 5.28. The van der Waals surface area contributed by atoms with Gasteiger partial charge in [0.25, 0.3) is 0 Å². The highest BCUT2D eigenvalue weighted by atomic mass is 16.2. The minimum atomic E-state index is -0.151. The molecule has 2 amide bonds. The summed E-state index contributed by atoms with van der Waals surface area (Å²) in [5.41, 5.74) is 4.37. The third-order valence-corrected chi connectivity index (χ3v) is 5.28. The SMILES string of the molecule is Cc1nn(-c2ccccn2)c(C)c1C1C=CC(NC(=O)NCc2ccccc2)C1. The molecule has 1 aliphatic carbocycles. The van der Waals surface area contributed by atoms with Gasteiger partial charge in [-0.3, -0.25) is 0 Å². The molecular weight excluding hydrogens is 362 g/mol. The molecule has 2 atom stereocenters. The molecule has 0 radical (unpaired) electrons. The Hall–Kier alpha value is -3.41. The van der Waals surface area contributed by atoms with Crippen LogP contribution < -0.4 is 10.6 Å². The lowest BCUT2D eigenvalue weighted by molar-refractivity contribution is 0.238. The van der Waals surface area contributed by atoms with Crippen molar-refractivity contribution in [1.29, 1.82) is 0 Å². The van der Waals surface area contributed by atoms with Crippen molar-refractivity contribution in [3.8, 4) is 5.82 Å². The first-order valence-corrected chi connectivity index (χ1v) is 9.86. The number of urea groups is 1. The van der Waals surface area contributed by atoms with Gasteiger partial charge in [0.2, 0.25) is 0 Å². The molecular formula is C23H25N5O. The van der Waals surface area contributed by atoms with Gasteiger partial charge in [0.1, 0.15) is 0 Å². The molecule has 29 heavy (non-hydrogen) atoms. The Kier molecular flexibility index (Phi) is 5.42. The number of allylic oxidation sites excluding steroid dienone is 1. The van der Waals surface area contributed by atoms with E-state index in [1.807, 2.05) is 60.1 Å². The predicted molar refractivity (Wildman–Crippen MR) is 113 cm³/mol. The smallest absolute Gasteiger partial charge is 0.315 e. The van der Waals surface area contributed by atoms with Crippen LogP contribution in [0.5, 0.6) is 0 Å². The van der Waals surface area contributed by atoms with Gasteiger partial charge in [-0.2, -0.15) is 5.10 Å². The molecule has 0 aliphatic heterocycles. The Morgan fingerprint density at radius 2 is 1.90 bits per heavy atom. The second-order valence-electron chi connectivity index (χ2n) is 7.33. The Balaban J connectivity index is 1.38. The highest BCUT2D eigenvalue weighted by Gasteiger charge is 2.27. The van der Waals surface area contributed by atoms with Gasteiger partial charge in [-0.15, -0.1) is 0 Å². The van der Waals surface area contributed by atoms with Crippen molar-refractivity contribution in [3.05, 3.63) is 89.4 Å². The minimum Gasteiger partial charge on any atom is -0.334 e. The first-order chi connectivity index (χ1) is 14.1. The maximum absolute atomic E-state index is 12.3. The fraction of sp³-hybridized carbons (Fsp3) is 0.261. The summed E-state index contributed by atoms with van der Waals surface area (Å²) >= 11 is 0. The van der Waals surface area contributed by atoms with E-state index in [0.717, 1.165) is 29.2 Å². The second kappa shape index (κ2) is 8.31. The maximum Gasteiger partial charge on any atom is 0.315 e. The number of amides is 2. The first-order valence-electron chi connectivity index (χ1n) is 9.86. The summed E-state index contributed by atoms with van der Waals surface area (Å²) in [5, 5.41) is 10.7. The molecule has 0 spiro atoms. The van der Waals surface area contributed by atoms with Crippen molar-refractivity contribution >= 4 is 6.03 Å². The average molecular weight is 387 g/mol. The van der Waals surface area contributed by atoms with E-state index in [1.165, 1.54) is 5.56 Å². The normalized spacial score (nSPS) is 18.0. The van der Waals surface area contributed by atoms with Gasteiger partial charge in [0, 0.05) is 36.0 Å². The summed E-state index contributed by atoms with van der Waals surface area (Å²) in [4.78, 5) is 16.7. The van der Waals surface area contributed by atoms with Gasteiger partial charge < -0.3 is 10.6 Å². The molecule has 3 aromatic rings. The first kappa shape index (κ1) is 18.9. The van der Waals surface area contributed by atoms with Crippen LogP contribution in [0, 0.1) is 13.8 Å². The lowest BCUT2D eigenvalue weighted by Gasteiger charge is -2.15. The number of rotatable bonds is 5. The van der Waals surface area contributed by atoms with Gasteiger partial charge in [-0.1, -0.05) is 48.6 Å². The highest BCUT2D eigenvalue weighted by Crippen LogP contribution is 2.33. The quantitative estimate of drug-likeness (QED) is 0.654. The van der Waals surface area contributed by atoms with Crippen LogP contribution in [0.25, 0.3) is 5.82 Å². The van der Waals surface area contributed by atoms with Crippen LogP contribution >= 0.6 is 0 Å². The number of aromatic nitrogens is 3. The molecule has 4 rings (SSSR count). The van der Waals surface area contributed by atoms with E-state index in [4.69, 9.17) is 5.10 Å². The maximum atomic E-state index is 12.3. The summed E-state index contributed by atoms with van der Waals surface area (Å²) < 4.78 is 1.89. The zero-order valence-corrected chi connectivity index (χ0v) is 16.7. The number of hydrogen-bond donors (Lipinski definition) is 2. The molecule has 2 unspecified atom stereocenters. The molecule has 1 aromatic carbocycles. The molecule has 148 valence electrons. The summed E-state index contributed by atoms with van der Waals surface area (Å²) in [7, 11) is 0. The summed E-state index contributed by atoms with van der Waals surface area (Å²) in [6.07, 6.45) is 6.84. The number of nitrogens with zero attached hydrogens (tertiary/aromatic N) is 3. The Bertz CT molecular complexity index is 1010. The molecule has 2 aromatic heterocycles. The Morgan fingerprint density at radius 3 is 2.66 bits per heavy atom. The van der Waals surface area contributed by atoms with E-state index in [1.54, 1.807) is 6.20 Å². The summed E-state index contributed by atoms with van der Waals surface area (Å²) in [6, 6.07) is 15.6. The van der Waals surface area contributed by atoms with Crippen LogP contribution in [0.2, 0.25) is 0 Å². The largest absolute Gasteiger partial charge is 0.334 e. The average Bonchev–Trinajstić information content (AvgIpc) is 3.31. The lowest BCUT2D eigenvalue weighted by atomic mass is 9.96. The minimum absolute atomic E-state index is 0.00720. The number of carbonyl (C=O) groups excluding carboxylic acids is 1. The van der Waals surface area contributed by atoms with Crippen LogP contribution in [0.1, 0.15) is 34.9 Å². The number of hydrogen-bond acceptors (Lipinski definition) is 3. The fourth-order valence-corrected chi connectivity index (χ4v) is 3.91. The van der Waals surface area contributed by atoms with Crippen LogP contribution in [-0.4, -0.2) is 26.8 Å². The van der Waals surface area contributed by atoms with E-state index in [-0.39, 0.29) is 18.0 Å². The van der Waals surface area contributed by atoms with E-state index >= 15 is 0 Å². The second-order valence-corrected chi connectivity index (χ2v) is 7.33. The van der Waals surface area contributed by atoms with Crippen molar-refractivity contribution in [1.82, 2.24) is 25.4 Å². The van der Waals surface area contributed by atoms with Crippen LogP contribution in [0.4, 0.5) is 4.79 Å². The van der Waals surface area contributed by atoms with E-state index in [2.05, 4.69) is 34.7 Å². The predicted octanol–water partition coefficient (Wildman–Crippen LogP) is 3.80. The van der Waals surface area contributed by atoms with Crippen molar-refractivity contribution in [2.24, 2.45) is 0 Å². The van der Waals surface area contributed by atoms with Gasteiger partial charge in [-0.25, -0.2) is 14.5 Å². The zero-order chi connectivity index (χ0) is 20.2. The van der Waals surface area contributed by atoms with E-state index < -0.39 is 0 Å². The van der Waals surface area contributed by atoms with Crippen molar-refractivity contribution in [3.63, 3.8) is 0 Å². The fourth-order valence-electron chi connectivity index (χ4n) is 3.91. The number of carbonyl (C=O) groups is 1. The van der Waals surface area contributed by atoms with E-state index in [0.29, 0.717) is 6.54 Å². The number of pyridine rings is 1. The topological polar surface area (TPSA) is 71.8 Å². The number of aryl methyl sites for hydroxylation is 1. The van der Waals surface area contributed by atoms with Gasteiger partial charge in [0.05, 0.1) is 5.69 Å². The monoisotopic (exact) mass is 387 g/mol. The standard InChI is InChI=1S/C23H25N5O/c1-16-22(17(2)28(27-16)21-10-6-7-13-24-21)19-11-12-20(14-19)26-23(29)25-15-18-8-4-3-5-9-18/h3-13,19-20H,14-15H2,1-2H3,(H2,25,26,29). The van der Waals surface area contributed by atoms with Crippen molar-refractivity contribution in [2.45, 2.75) is 38.8 Å². The zero-order valence-electron chi connectivity index (χ0n) is 16.7. The van der Waals surface area contributed by atoms with Gasteiger partial charge in [0.15, 0.2) is 5.82 Å². The molecule has 0 saturated carbocycles. The summed E-state index contributed by atoms with van der Waals surface area (Å²) in [6.45, 7) is 4.62. The van der Waals surface area contributed by atoms with Crippen LogP contribution in [-0.2, 0) is 6.54 Å². The third kappa shape index (κ3) is 4.21. The molecule has 2 heterocycles. The Labute approximate surface area is 170 Å². The molecule has 2 N–H and O–H groups in total.